The SMILES string of the molecule is CC1CCCC(C)C1N(C)C(=O)CN. The molecule has 2 N–H and O–H groups in total. The number of likely N-dealkylation sites (N-methyl/N-ethyl adjacent to an activating group) is 1. The van der Waals surface area contributed by atoms with Crippen molar-refractivity contribution in [2.75, 3.05) is 13.6 Å². The number of carbonyl (C=O) groups is 1. The molecule has 1 amide bonds. The molecule has 0 radical (unpaired) electrons. The second-order valence-corrected chi connectivity index (χ2v) is 4.58. The molecule has 2 unspecified atom stereocenters. The summed E-state index contributed by atoms with van der Waals surface area (Å²) in [6.07, 6.45) is 3.76. The second-order valence-electron chi connectivity index (χ2n) is 4.58. The minimum atomic E-state index is 0.0654. The average Bonchev–Trinajstić information content (AvgIpc) is 2.16. The zero-order valence-corrected chi connectivity index (χ0v) is 9.49. The molecule has 0 aromatic carbocycles. The number of rotatable bonds is 2. The van der Waals surface area contributed by atoms with Crippen LogP contribution in [-0.4, -0.2) is 30.4 Å². The number of nitrogens with zero attached hydrogens (tertiary/aromatic N) is 1. The van der Waals surface area contributed by atoms with Gasteiger partial charge in [0.15, 0.2) is 0 Å². The van der Waals surface area contributed by atoms with Gasteiger partial charge in [0.25, 0.3) is 0 Å². The van der Waals surface area contributed by atoms with Crippen molar-refractivity contribution in [2.45, 2.75) is 39.2 Å². The first-order valence-electron chi connectivity index (χ1n) is 5.53. The molecule has 1 rings (SSSR count). The largest absolute Gasteiger partial charge is 0.341 e. The Hall–Kier alpha value is -0.570. The fourth-order valence-corrected chi connectivity index (χ4v) is 2.74. The predicted octanol–water partition coefficient (Wildman–Crippen LogP) is 1.23. The van der Waals surface area contributed by atoms with E-state index < -0.39 is 0 Å². The maximum absolute atomic E-state index is 11.5. The van der Waals surface area contributed by atoms with Crippen LogP contribution in [0.15, 0.2) is 0 Å². The Morgan fingerprint density at radius 1 is 1.36 bits per heavy atom. The van der Waals surface area contributed by atoms with Crippen LogP contribution in [0, 0.1) is 11.8 Å². The summed E-state index contributed by atoms with van der Waals surface area (Å²) in [5, 5.41) is 0. The van der Waals surface area contributed by atoms with Crippen LogP contribution in [0.3, 0.4) is 0 Å². The highest BCUT2D eigenvalue weighted by Gasteiger charge is 2.32. The van der Waals surface area contributed by atoms with Gasteiger partial charge in [0.05, 0.1) is 6.54 Å². The first-order valence-corrected chi connectivity index (χ1v) is 5.53. The van der Waals surface area contributed by atoms with E-state index >= 15 is 0 Å². The van der Waals surface area contributed by atoms with Gasteiger partial charge in [0.1, 0.15) is 0 Å². The molecule has 3 heteroatoms. The molecule has 1 fully saturated rings. The molecule has 0 saturated heterocycles. The van der Waals surface area contributed by atoms with Gasteiger partial charge in [0, 0.05) is 13.1 Å². The number of hydrogen-bond donors (Lipinski definition) is 1. The summed E-state index contributed by atoms with van der Waals surface area (Å²) >= 11 is 0. The van der Waals surface area contributed by atoms with Gasteiger partial charge < -0.3 is 10.6 Å². The third-order valence-electron chi connectivity index (χ3n) is 3.50. The van der Waals surface area contributed by atoms with Crippen molar-refractivity contribution in [3.05, 3.63) is 0 Å². The summed E-state index contributed by atoms with van der Waals surface area (Å²) in [5.41, 5.74) is 5.38. The van der Waals surface area contributed by atoms with Gasteiger partial charge >= 0.3 is 0 Å². The minimum Gasteiger partial charge on any atom is -0.341 e. The Balaban J connectivity index is 2.67. The molecule has 0 spiro atoms. The molecule has 3 nitrogen and oxygen atoms in total. The molecular weight excluding hydrogens is 176 g/mol. The van der Waals surface area contributed by atoms with Crippen LogP contribution in [0.1, 0.15) is 33.1 Å². The molecule has 1 aliphatic rings. The highest BCUT2D eigenvalue weighted by atomic mass is 16.2. The standard InChI is InChI=1S/C11H22N2O/c1-8-5-4-6-9(2)11(8)13(3)10(14)7-12/h8-9,11H,4-7,12H2,1-3H3. The van der Waals surface area contributed by atoms with Crippen LogP contribution in [-0.2, 0) is 4.79 Å². The Morgan fingerprint density at radius 2 is 1.86 bits per heavy atom. The van der Waals surface area contributed by atoms with Gasteiger partial charge in [-0.15, -0.1) is 0 Å². The van der Waals surface area contributed by atoms with E-state index in [0.29, 0.717) is 17.9 Å². The van der Waals surface area contributed by atoms with E-state index in [1.807, 2.05) is 11.9 Å². The molecule has 0 aliphatic heterocycles. The topological polar surface area (TPSA) is 46.3 Å². The van der Waals surface area contributed by atoms with Crippen LogP contribution in [0.25, 0.3) is 0 Å². The molecule has 0 heterocycles. The fourth-order valence-electron chi connectivity index (χ4n) is 2.74. The van der Waals surface area contributed by atoms with Gasteiger partial charge in [-0.05, 0) is 24.7 Å². The maximum atomic E-state index is 11.5. The Kier molecular flexibility index (Phi) is 3.93. The third-order valence-corrected chi connectivity index (χ3v) is 3.50. The molecule has 2 atom stereocenters. The van der Waals surface area contributed by atoms with Crippen molar-refractivity contribution < 1.29 is 4.79 Å². The van der Waals surface area contributed by atoms with Crippen molar-refractivity contribution in [1.29, 1.82) is 0 Å². The van der Waals surface area contributed by atoms with Crippen LogP contribution in [0.5, 0.6) is 0 Å². The van der Waals surface area contributed by atoms with E-state index in [0.717, 1.165) is 0 Å². The Bertz CT molecular complexity index is 195. The molecule has 1 aliphatic carbocycles. The summed E-state index contributed by atoms with van der Waals surface area (Å²) < 4.78 is 0. The zero-order valence-electron chi connectivity index (χ0n) is 9.49. The monoisotopic (exact) mass is 198 g/mol. The normalized spacial score (nSPS) is 32.7. The van der Waals surface area contributed by atoms with Gasteiger partial charge in [-0.1, -0.05) is 20.3 Å². The summed E-state index contributed by atoms with van der Waals surface area (Å²) in [7, 11) is 1.89. The van der Waals surface area contributed by atoms with E-state index in [2.05, 4.69) is 13.8 Å². The molecule has 0 aromatic heterocycles. The van der Waals surface area contributed by atoms with Crippen molar-refractivity contribution in [2.24, 2.45) is 17.6 Å². The number of nitrogens with two attached hydrogens (primary N) is 1. The van der Waals surface area contributed by atoms with Crippen LogP contribution in [0.4, 0.5) is 0 Å². The van der Waals surface area contributed by atoms with Gasteiger partial charge in [0.2, 0.25) is 5.91 Å². The second kappa shape index (κ2) is 4.78. The number of carbonyl (C=O) groups excluding carboxylic acids is 1. The van der Waals surface area contributed by atoms with Crippen LogP contribution in [0.2, 0.25) is 0 Å². The Morgan fingerprint density at radius 3 is 2.29 bits per heavy atom. The third kappa shape index (κ3) is 2.27. The Labute approximate surface area is 86.6 Å². The highest BCUT2D eigenvalue weighted by molar-refractivity contribution is 5.78. The zero-order chi connectivity index (χ0) is 10.7. The minimum absolute atomic E-state index is 0.0654. The van der Waals surface area contributed by atoms with E-state index in [1.165, 1.54) is 19.3 Å². The molecule has 1 saturated carbocycles. The molecule has 0 aromatic rings. The summed E-state index contributed by atoms with van der Waals surface area (Å²) in [6, 6.07) is 0.389. The smallest absolute Gasteiger partial charge is 0.236 e. The lowest BCUT2D eigenvalue weighted by Crippen LogP contribution is -2.48. The van der Waals surface area contributed by atoms with E-state index in [9.17, 15) is 4.79 Å². The van der Waals surface area contributed by atoms with Crippen molar-refractivity contribution >= 4 is 5.91 Å². The van der Waals surface area contributed by atoms with Gasteiger partial charge in [-0.3, -0.25) is 4.79 Å². The maximum Gasteiger partial charge on any atom is 0.236 e. The lowest BCUT2D eigenvalue weighted by molar-refractivity contribution is -0.133. The number of hydrogen-bond acceptors (Lipinski definition) is 2. The van der Waals surface area contributed by atoms with E-state index in [1.54, 1.807) is 0 Å². The van der Waals surface area contributed by atoms with Gasteiger partial charge in [-0.2, -0.15) is 0 Å². The van der Waals surface area contributed by atoms with Gasteiger partial charge in [-0.25, -0.2) is 0 Å². The molecular formula is C11H22N2O. The highest BCUT2D eigenvalue weighted by Crippen LogP contribution is 2.31. The molecule has 14 heavy (non-hydrogen) atoms. The summed E-state index contributed by atoms with van der Waals surface area (Å²) in [6.45, 7) is 4.60. The molecule has 0 bridgehead atoms. The van der Waals surface area contributed by atoms with Crippen molar-refractivity contribution in [3.8, 4) is 0 Å². The summed E-state index contributed by atoms with van der Waals surface area (Å²) in [5.74, 6) is 1.29. The average molecular weight is 198 g/mol. The molecule has 82 valence electrons. The predicted molar refractivity (Wildman–Crippen MR) is 57.8 cm³/mol. The van der Waals surface area contributed by atoms with E-state index in [4.69, 9.17) is 5.73 Å². The van der Waals surface area contributed by atoms with Crippen molar-refractivity contribution in [1.82, 2.24) is 4.90 Å². The van der Waals surface area contributed by atoms with Crippen LogP contribution < -0.4 is 5.73 Å². The fraction of sp³-hybridized carbons (Fsp3) is 0.909. The lowest BCUT2D eigenvalue weighted by Gasteiger charge is -2.40. The quantitative estimate of drug-likeness (QED) is 0.725. The van der Waals surface area contributed by atoms with Crippen LogP contribution >= 0.6 is 0 Å². The summed E-state index contributed by atoms with van der Waals surface area (Å²) in [4.78, 5) is 13.4. The lowest BCUT2D eigenvalue weighted by atomic mass is 9.78. The number of amides is 1. The van der Waals surface area contributed by atoms with Crippen molar-refractivity contribution in [3.63, 3.8) is 0 Å². The van der Waals surface area contributed by atoms with E-state index in [-0.39, 0.29) is 12.5 Å². The first kappa shape index (κ1) is 11.5. The first-order chi connectivity index (χ1) is 6.57.